The van der Waals surface area contributed by atoms with E-state index in [1.165, 1.54) is 70.9 Å². The quantitative estimate of drug-likeness (QED) is 0.334. The van der Waals surface area contributed by atoms with Gasteiger partial charge in [-0.1, -0.05) is 76.2 Å². The number of quaternary nitrogens is 1. The lowest BCUT2D eigenvalue weighted by Crippen LogP contribution is -2.43. The van der Waals surface area contributed by atoms with Crippen LogP contribution in [0.2, 0.25) is 0 Å². The van der Waals surface area contributed by atoms with Gasteiger partial charge in [0.15, 0.2) is 0 Å². The molecule has 0 saturated carbocycles. The lowest BCUT2D eigenvalue weighted by Gasteiger charge is -2.31. The molecule has 1 heteroatoms. The van der Waals surface area contributed by atoms with Crippen molar-refractivity contribution in [3.63, 3.8) is 0 Å². The van der Waals surface area contributed by atoms with Crippen molar-refractivity contribution in [1.29, 1.82) is 0 Å². The molecule has 0 amide bonds. The molecule has 0 aliphatic heterocycles. The molecule has 1 rings (SSSR count). The van der Waals surface area contributed by atoms with E-state index in [1.54, 1.807) is 0 Å². The van der Waals surface area contributed by atoms with E-state index in [1.807, 2.05) is 0 Å². The predicted octanol–water partition coefficient (Wildman–Crippen LogP) is 5.34. The van der Waals surface area contributed by atoms with Crippen molar-refractivity contribution in [3.8, 4) is 0 Å². The Bertz CT molecular complexity index is 276. The van der Waals surface area contributed by atoms with Crippen molar-refractivity contribution in [2.45, 2.75) is 64.7 Å². The summed E-state index contributed by atoms with van der Waals surface area (Å²) in [6.45, 7) is 4.87. The van der Waals surface area contributed by atoms with Gasteiger partial charge in [0.1, 0.15) is 0 Å². The van der Waals surface area contributed by atoms with Gasteiger partial charge in [0, 0.05) is 5.92 Å². The zero-order chi connectivity index (χ0) is 14.7. The van der Waals surface area contributed by atoms with Crippen molar-refractivity contribution in [2.75, 3.05) is 27.2 Å². The Morgan fingerprint density at radius 1 is 0.750 bits per heavy atom. The molecule has 0 aromatic carbocycles. The van der Waals surface area contributed by atoms with Gasteiger partial charge in [0.2, 0.25) is 0 Å². The number of allylic oxidation sites excluding steroid dienone is 2. The second-order valence-corrected chi connectivity index (χ2v) is 7.10. The Morgan fingerprint density at radius 3 is 1.80 bits per heavy atom. The summed E-state index contributed by atoms with van der Waals surface area (Å²) in [7, 11) is 4.76. The van der Waals surface area contributed by atoms with Crippen molar-refractivity contribution in [3.05, 3.63) is 24.3 Å². The third-order valence-electron chi connectivity index (χ3n) is 4.40. The smallest absolute Gasteiger partial charge is 0.0881 e. The molecular formula is C19H36N+. The average Bonchev–Trinajstić information content (AvgIpc) is 2.89. The maximum absolute atomic E-state index is 2.38. The number of hydrogen-bond donors (Lipinski definition) is 0. The van der Waals surface area contributed by atoms with Crippen LogP contribution in [0, 0.1) is 5.92 Å². The Balaban J connectivity index is 1.94. The molecule has 1 nitrogen and oxygen atoms in total. The van der Waals surface area contributed by atoms with Gasteiger partial charge >= 0.3 is 0 Å². The number of nitrogens with zero attached hydrogens (tertiary/aromatic N) is 1. The SMILES string of the molecule is CCCCCCCCCCC[N+](C)(C)CC1C=CC=C1. The van der Waals surface area contributed by atoms with Gasteiger partial charge in [-0.3, -0.25) is 0 Å². The monoisotopic (exact) mass is 278 g/mol. The molecule has 0 aromatic rings. The van der Waals surface area contributed by atoms with E-state index < -0.39 is 0 Å². The van der Waals surface area contributed by atoms with Gasteiger partial charge in [-0.2, -0.15) is 0 Å². The third kappa shape index (κ3) is 8.58. The molecule has 20 heavy (non-hydrogen) atoms. The van der Waals surface area contributed by atoms with Gasteiger partial charge < -0.3 is 4.48 Å². The summed E-state index contributed by atoms with van der Waals surface area (Å²) in [6, 6.07) is 0. The minimum Gasteiger partial charge on any atom is -0.328 e. The minimum absolute atomic E-state index is 0.670. The van der Waals surface area contributed by atoms with Gasteiger partial charge in [0.25, 0.3) is 0 Å². The van der Waals surface area contributed by atoms with Crippen LogP contribution in [-0.2, 0) is 0 Å². The topological polar surface area (TPSA) is 0 Å². The first-order valence-corrected chi connectivity index (χ1v) is 8.81. The Kier molecular flexibility index (Phi) is 8.93. The minimum atomic E-state index is 0.670. The summed E-state index contributed by atoms with van der Waals surface area (Å²) in [4.78, 5) is 0. The van der Waals surface area contributed by atoms with Crippen LogP contribution in [0.3, 0.4) is 0 Å². The first kappa shape index (κ1) is 17.5. The molecule has 0 saturated heterocycles. The van der Waals surface area contributed by atoms with Gasteiger partial charge in [-0.25, -0.2) is 0 Å². The van der Waals surface area contributed by atoms with Gasteiger partial charge in [-0.05, 0) is 12.8 Å². The summed E-state index contributed by atoms with van der Waals surface area (Å²) >= 11 is 0. The lowest BCUT2D eigenvalue weighted by molar-refractivity contribution is -0.892. The largest absolute Gasteiger partial charge is 0.328 e. The Labute approximate surface area is 127 Å². The van der Waals surface area contributed by atoms with Crippen LogP contribution >= 0.6 is 0 Å². The lowest BCUT2D eigenvalue weighted by atomic mass is 10.1. The molecule has 0 unspecified atom stereocenters. The van der Waals surface area contributed by atoms with E-state index in [0.29, 0.717) is 5.92 Å². The summed E-state index contributed by atoms with van der Waals surface area (Å²) in [5.41, 5.74) is 0. The summed E-state index contributed by atoms with van der Waals surface area (Å²) in [5.74, 6) is 0.670. The molecule has 0 spiro atoms. The zero-order valence-corrected chi connectivity index (χ0v) is 14.1. The van der Waals surface area contributed by atoms with E-state index in [4.69, 9.17) is 0 Å². The van der Waals surface area contributed by atoms with E-state index in [0.717, 1.165) is 4.48 Å². The second-order valence-electron chi connectivity index (χ2n) is 7.10. The van der Waals surface area contributed by atoms with Gasteiger partial charge in [-0.15, -0.1) is 0 Å². The standard InChI is InChI=1S/C19H36N/c1-4-5-6-7-8-9-10-11-14-17-20(2,3)18-19-15-12-13-16-19/h12-13,15-16,19H,4-11,14,17-18H2,1-3H3/q+1. The van der Waals surface area contributed by atoms with Crippen LogP contribution in [0.5, 0.6) is 0 Å². The highest BCUT2D eigenvalue weighted by atomic mass is 15.3. The Morgan fingerprint density at radius 2 is 1.25 bits per heavy atom. The van der Waals surface area contributed by atoms with Crippen molar-refractivity contribution in [1.82, 2.24) is 0 Å². The maximum Gasteiger partial charge on any atom is 0.0881 e. The number of unbranched alkanes of at least 4 members (excludes halogenated alkanes) is 8. The molecule has 0 fully saturated rings. The summed E-state index contributed by atoms with van der Waals surface area (Å²) < 4.78 is 1.16. The molecule has 0 bridgehead atoms. The zero-order valence-electron chi connectivity index (χ0n) is 14.1. The van der Waals surface area contributed by atoms with Crippen LogP contribution < -0.4 is 0 Å². The molecule has 0 N–H and O–H groups in total. The van der Waals surface area contributed by atoms with Crippen molar-refractivity contribution >= 4 is 0 Å². The second kappa shape index (κ2) is 10.2. The third-order valence-corrected chi connectivity index (χ3v) is 4.40. The van der Waals surface area contributed by atoms with E-state index in [-0.39, 0.29) is 0 Å². The molecule has 1 aliphatic carbocycles. The van der Waals surface area contributed by atoms with E-state index in [2.05, 4.69) is 45.3 Å². The number of rotatable bonds is 12. The number of hydrogen-bond acceptors (Lipinski definition) is 0. The molecule has 1 aliphatic rings. The van der Waals surface area contributed by atoms with Crippen LogP contribution in [0.15, 0.2) is 24.3 Å². The normalized spacial score (nSPS) is 15.3. The fourth-order valence-corrected chi connectivity index (χ4v) is 3.11. The van der Waals surface area contributed by atoms with Crippen LogP contribution in [0.4, 0.5) is 0 Å². The average molecular weight is 279 g/mol. The molecule has 0 radical (unpaired) electrons. The van der Waals surface area contributed by atoms with Crippen molar-refractivity contribution < 1.29 is 4.48 Å². The molecule has 116 valence electrons. The summed E-state index contributed by atoms with van der Waals surface area (Å²) in [6.07, 6.45) is 21.9. The summed E-state index contributed by atoms with van der Waals surface area (Å²) in [5, 5.41) is 0. The van der Waals surface area contributed by atoms with Crippen LogP contribution in [-0.4, -0.2) is 31.7 Å². The molecule has 0 heterocycles. The first-order valence-electron chi connectivity index (χ1n) is 8.81. The maximum atomic E-state index is 2.38. The highest BCUT2D eigenvalue weighted by Crippen LogP contribution is 2.15. The van der Waals surface area contributed by atoms with Crippen molar-refractivity contribution in [2.24, 2.45) is 5.92 Å². The molecule has 0 aromatic heterocycles. The Hall–Kier alpha value is -0.560. The van der Waals surface area contributed by atoms with E-state index in [9.17, 15) is 0 Å². The fraction of sp³-hybridized carbons (Fsp3) is 0.789. The first-order chi connectivity index (χ1) is 9.64. The van der Waals surface area contributed by atoms with E-state index >= 15 is 0 Å². The van der Waals surface area contributed by atoms with Crippen LogP contribution in [0.1, 0.15) is 64.7 Å². The van der Waals surface area contributed by atoms with Crippen LogP contribution in [0.25, 0.3) is 0 Å². The molecule has 0 atom stereocenters. The highest BCUT2D eigenvalue weighted by Gasteiger charge is 2.19. The fourth-order valence-electron chi connectivity index (χ4n) is 3.11. The van der Waals surface area contributed by atoms with Gasteiger partial charge in [0.05, 0.1) is 27.2 Å². The predicted molar refractivity (Wildman–Crippen MR) is 90.8 cm³/mol. The molecular weight excluding hydrogens is 242 g/mol. The highest BCUT2D eigenvalue weighted by molar-refractivity contribution is 5.17.